The van der Waals surface area contributed by atoms with Gasteiger partial charge in [-0.3, -0.25) is 9.97 Å². The van der Waals surface area contributed by atoms with Gasteiger partial charge in [0.15, 0.2) is 0 Å². The Labute approximate surface area is 148 Å². The second-order valence-corrected chi connectivity index (χ2v) is 6.68. The lowest BCUT2D eigenvalue weighted by Crippen LogP contribution is -2.35. The molecule has 0 bridgehead atoms. The van der Waals surface area contributed by atoms with Gasteiger partial charge in [-0.1, -0.05) is 6.07 Å². The maximum absolute atomic E-state index is 4.68. The van der Waals surface area contributed by atoms with Crippen molar-refractivity contribution in [2.45, 2.75) is 32.2 Å². The average molecular weight is 333 g/mol. The standard InChI is InChI=1S/C20H23N5/c1-16-13-19(7-9-21-16)24-11-4-5-17(14-24)20-23-10-12-25(20)15-18-6-2-3-8-22-18/h2-3,6-10,12-13,17H,4-5,11,14-15H2,1H3/t17-/m1/s1. The lowest BCUT2D eigenvalue weighted by Gasteiger charge is -2.34. The minimum Gasteiger partial charge on any atom is -0.371 e. The molecule has 0 saturated carbocycles. The Bertz CT molecular complexity index is 827. The fraction of sp³-hybridized carbons (Fsp3) is 0.350. The van der Waals surface area contributed by atoms with E-state index in [9.17, 15) is 0 Å². The van der Waals surface area contributed by atoms with Crippen LogP contribution in [0.2, 0.25) is 0 Å². The summed E-state index contributed by atoms with van der Waals surface area (Å²) in [5.74, 6) is 1.61. The molecule has 3 aromatic rings. The van der Waals surface area contributed by atoms with Gasteiger partial charge in [-0.05, 0) is 44.0 Å². The number of pyridine rings is 2. The van der Waals surface area contributed by atoms with E-state index in [2.05, 4.69) is 48.8 Å². The summed E-state index contributed by atoms with van der Waals surface area (Å²) in [5.41, 5.74) is 3.40. The first-order valence-corrected chi connectivity index (χ1v) is 8.88. The molecular weight excluding hydrogens is 310 g/mol. The Balaban J connectivity index is 1.53. The van der Waals surface area contributed by atoms with Crippen molar-refractivity contribution >= 4 is 5.69 Å². The van der Waals surface area contributed by atoms with Crippen LogP contribution in [0.1, 0.15) is 36.0 Å². The topological polar surface area (TPSA) is 46.8 Å². The molecule has 4 heterocycles. The van der Waals surface area contributed by atoms with Crippen LogP contribution in [0.4, 0.5) is 5.69 Å². The zero-order valence-corrected chi connectivity index (χ0v) is 14.5. The van der Waals surface area contributed by atoms with Crippen LogP contribution in [0.25, 0.3) is 0 Å². The Kier molecular flexibility index (Phi) is 4.46. The monoisotopic (exact) mass is 333 g/mol. The molecule has 128 valence electrons. The molecule has 0 radical (unpaired) electrons. The summed E-state index contributed by atoms with van der Waals surface area (Å²) < 4.78 is 2.24. The highest BCUT2D eigenvalue weighted by Crippen LogP contribution is 2.29. The van der Waals surface area contributed by atoms with E-state index in [0.29, 0.717) is 5.92 Å². The fourth-order valence-electron chi connectivity index (χ4n) is 3.63. The highest BCUT2D eigenvalue weighted by Gasteiger charge is 2.25. The number of hydrogen-bond acceptors (Lipinski definition) is 4. The number of anilines is 1. The van der Waals surface area contributed by atoms with Crippen LogP contribution < -0.4 is 4.90 Å². The predicted molar refractivity (Wildman–Crippen MR) is 98.7 cm³/mol. The van der Waals surface area contributed by atoms with Crippen molar-refractivity contribution in [1.29, 1.82) is 0 Å². The zero-order chi connectivity index (χ0) is 17.1. The molecular formula is C20H23N5. The molecule has 0 aromatic carbocycles. The van der Waals surface area contributed by atoms with Crippen LogP contribution in [0.3, 0.4) is 0 Å². The van der Waals surface area contributed by atoms with Crippen molar-refractivity contribution in [2.75, 3.05) is 18.0 Å². The second kappa shape index (κ2) is 7.05. The first-order valence-electron chi connectivity index (χ1n) is 8.88. The van der Waals surface area contributed by atoms with E-state index < -0.39 is 0 Å². The smallest absolute Gasteiger partial charge is 0.113 e. The van der Waals surface area contributed by atoms with Crippen molar-refractivity contribution in [3.8, 4) is 0 Å². The van der Waals surface area contributed by atoms with E-state index in [0.717, 1.165) is 31.0 Å². The van der Waals surface area contributed by atoms with Gasteiger partial charge >= 0.3 is 0 Å². The molecule has 1 aliphatic rings. The number of hydrogen-bond donors (Lipinski definition) is 0. The molecule has 1 fully saturated rings. The van der Waals surface area contributed by atoms with Gasteiger partial charge in [-0.25, -0.2) is 4.98 Å². The van der Waals surface area contributed by atoms with E-state index >= 15 is 0 Å². The van der Waals surface area contributed by atoms with Gasteiger partial charge in [0, 0.05) is 55.2 Å². The summed E-state index contributed by atoms with van der Waals surface area (Å²) in [6.07, 6.45) is 10.1. The molecule has 25 heavy (non-hydrogen) atoms. The van der Waals surface area contributed by atoms with Crippen molar-refractivity contribution in [2.24, 2.45) is 0 Å². The Morgan fingerprint density at radius 2 is 2.04 bits per heavy atom. The highest BCUT2D eigenvalue weighted by molar-refractivity contribution is 5.47. The summed E-state index contributed by atoms with van der Waals surface area (Å²) >= 11 is 0. The van der Waals surface area contributed by atoms with E-state index in [1.165, 1.54) is 24.4 Å². The van der Waals surface area contributed by atoms with Gasteiger partial charge in [-0.2, -0.15) is 0 Å². The zero-order valence-electron chi connectivity index (χ0n) is 14.5. The number of nitrogens with zero attached hydrogens (tertiary/aromatic N) is 5. The van der Waals surface area contributed by atoms with Gasteiger partial charge in [0.25, 0.3) is 0 Å². The van der Waals surface area contributed by atoms with Crippen LogP contribution in [-0.2, 0) is 6.54 Å². The third kappa shape index (κ3) is 3.55. The van der Waals surface area contributed by atoms with E-state index in [4.69, 9.17) is 0 Å². The van der Waals surface area contributed by atoms with Crippen LogP contribution in [0, 0.1) is 6.92 Å². The van der Waals surface area contributed by atoms with Gasteiger partial charge in [0.1, 0.15) is 5.82 Å². The van der Waals surface area contributed by atoms with Gasteiger partial charge in [0.05, 0.1) is 12.2 Å². The van der Waals surface area contributed by atoms with Crippen LogP contribution >= 0.6 is 0 Å². The van der Waals surface area contributed by atoms with Crippen LogP contribution in [0.15, 0.2) is 55.1 Å². The molecule has 0 aliphatic carbocycles. The van der Waals surface area contributed by atoms with Gasteiger partial charge in [-0.15, -0.1) is 0 Å². The van der Waals surface area contributed by atoms with Gasteiger partial charge < -0.3 is 9.47 Å². The summed E-state index contributed by atoms with van der Waals surface area (Å²) in [7, 11) is 0. The summed E-state index contributed by atoms with van der Waals surface area (Å²) in [6.45, 7) is 4.93. The van der Waals surface area contributed by atoms with Crippen molar-refractivity contribution in [3.63, 3.8) is 0 Å². The maximum Gasteiger partial charge on any atom is 0.113 e. The Hall–Kier alpha value is -2.69. The maximum atomic E-state index is 4.68. The molecule has 0 N–H and O–H groups in total. The first kappa shape index (κ1) is 15.8. The molecule has 4 rings (SSSR count). The second-order valence-electron chi connectivity index (χ2n) is 6.68. The lowest BCUT2D eigenvalue weighted by molar-refractivity contribution is 0.475. The molecule has 0 unspecified atom stereocenters. The molecule has 0 amide bonds. The van der Waals surface area contributed by atoms with E-state index in [-0.39, 0.29) is 0 Å². The largest absolute Gasteiger partial charge is 0.371 e. The van der Waals surface area contributed by atoms with E-state index in [1.54, 1.807) is 0 Å². The van der Waals surface area contributed by atoms with Crippen LogP contribution in [-0.4, -0.2) is 32.6 Å². The number of imidazole rings is 1. The molecule has 5 nitrogen and oxygen atoms in total. The van der Waals surface area contributed by atoms with Gasteiger partial charge in [0.2, 0.25) is 0 Å². The molecule has 1 atom stereocenters. The Morgan fingerprint density at radius 1 is 1.08 bits per heavy atom. The molecule has 1 aliphatic heterocycles. The highest BCUT2D eigenvalue weighted by atomic mass is 15.2. The number of rotatable bonds is 4. The summed E-state index contributed by atoms with van der Waals surface area (Å²) in [4.78, 5) is 15.9. The normalized spacial score (nSPS) is 17.6. The fourth-order valence-corrected chi connectivity index (χ4v) is 3.63. The third-order valence-electron chi connectivity index (χ3n) is 4.84. The number of piperidine rings is 1. The third-order valence-corrected chi connectivity index (χ3v) is 4.84. The lowest BCUT2D eigenvalue weighted by atomic mass is 9.96. The Morgan fingerprint density at radius 3 is 2.88 bits per heavy atom. The SMILES string of the molecule is Cc1cc(N2CCC[C@@H](c3nccn3Cc3ccccn3)C2)ccn1. The molecule has 0 spiro atoms. The van der Waals surface area contributed by atoms with Crippen molar-refractivity contribution < 1.29 is 0 Å². The average Bonchev–Trinajstić information content (AvgIpc) is 3.11. The first-order chi connectivity index (χ1) is 12.3. The van der Waals surface area contributed by atoms with E-state index in [1.807, 2.05) is 37.6 Å². The van der Waals surface area contributed by atoms with Crippen LogP contribution in [0.5, 0.6) is 0 Å². The number of aryl methyl sites for hydroxylation is 1. The quantitative estimate of drug-likeness (QED) is 0.734. The van der Waals surface area contributed by atoms with Crippen molar-refractivity contribution in [1.82, 2.24) is 19.5 Å². The predicted octanol–water partition coefficient (Wildman–Crippen LogP) is 3.41. The molecule has 1 saturated heterocycles. The minimum absolute atomic E-state index is 0.445. The summed E-state index contributed by atoms with van der Waals surface area (Å²) in [5, 5.41) is 0. The van der Waals surface area contributed by atoms with Crippen molar-refractivity contribution in [3.05, 3.63) is 72.3 Å². The summed E-state index contributed by atoms with van der Waals surface area (Å²) in [6, 6.07) is 10.3. The molecule has 5 heteroatoms. The molecule has 3 aromatic heterocycles. The number of aromatic nitrogens is 4. The minimum atomic E-state index is 0.445.